The molecule has 0 fully saturated rings. The third-order valence-electron chi connectivity index (χ3n) is 2.77. The quantitative estimate of drug-likeness (QED) is 0.315. The van der Waals surface area contributed by atoms with Crippen molar-refractivity contribution in [2.75, 3.05) is 19.7 Å². The lowest BCUT2D eigenvalue weighted by atomic mass is 10.3. The fourth-order valence-electron chi connectivity index (χ4n) is 1.79. The van der Waals surface area contributed by atoms with Gasteiger partial charge in [-0.3, -0.25) is 4.79 Å². The summed E-state index contributed by atoms with van der Waals surface area (Å²) in [4.78, 5) is 25.4. The van der Waals surface area contributed by atoms with Crippen LogP contribution in [0.15, 0.2) is 6.20 Å². The molecule has 1 rings (SSSR count). The number of carbonyl (C=O) groups excluding carboxylic acids is 1. The van der Waals surface area contributed by atoms with Crippen LogP contribution in [-0.4, -0.2) is 40.1 Å². The molecule has 0 bridgehead atoms. The van der Waals surface area contributed by atoms with Crippen molar-refractivity contribution in [1.29, 1.82) is 0 Å². The van der Waals surface area contributed by atoms with Gasteiger partial charge in [0.15, 0.2) is 5.82 Å². The monoisotopic (exact) mass is 284 g/mol. The minimum atomic E-state index is -0.444. The van der Waals surface area contributed by atoms with Gasteiger partial charge in [0.05, 0.1) is 6.61 Å². The molecule has 112 valence electrons. The summed E-state index contributed by atoms with van der Waals surface area (Å²) in [6.45, 7) is 5.63. The summed E-state index contributed by atoms with van der Waals surface area (Å²) in [6.07, 6.45) is 2.32. The standard InChI is InChI=1S/C12H20N4O4/c1-3-20-12(17)5-4-6-13-7-8-15-10(2)14-9-11(15)16(18)19/h9,13H,3-8H2,1-2H3. The van der Waals surface area contributed by atoms with Gasteiger partial charge >= 0.3 is 11.8 Å². The number of carbonyl (C=O) groups is 1. The van der Waals surface area contributed by atoms with Gasteiger partial charge in [-0.05, 0) is 24.8 Å². The molecule has 0 aromatic carbocycles. The molecule has 0 saturated heterocycles. The Morgan fingerprint density at radius 3 is 2.95 bits per heavy atom. The fraction of sp³-hybridized carbons (Fsp3) is 0.667. The molecule has 1 aromatic heterocycles. The number of nitrogens with zero attached hydrogens (tertiary/aromatic N) is 3. The molecule has 0 saturated carbocycles. The molecule has 0 amide bonds. The van der Waals surface area contributed by atoms with E-state index in [2.05, 4.69) is 10.3 Å². The van der Waals surface area contributed by atoms with Gasteiger partial charge in [0, 0.05) is 19.9 Å². The van der Waals surface area contributed by atoms with E-state index < -0.39 is 4.92 Å². The Hall–Kier alpha value is -1.96. The Morgan fingerprint density at radius 2 is 2.30 bits per heavy atom. The number of aryl methyl sites for hydroxylation is 1. The molecule has 1 aromatic rings. The molecular formula is C12H20N4O4. The second kappa shape index (κ2) is 8.26. The van der Waals surface area contributed by atoms with Crippen LogP contribution in [-0.2, 0) is 16.1 Å². The molecule has 1 N–H and O–H groups in total. The summed E-state index contributed by atoms with van der Waals surface area (Å²) in [5.41, 5.74) is 0. The smallest absolute Gasteiger partial charge is 0.342 e. The average Bonchev–Trinajstić information content (AvgIpc) is 2.75. The molecule has 0 aliphatic carbocycles. The Balaban J connectivity index is 2.23. The van der Waals surface area contributed by atoms with Gasteiger partial charge in [-0.15, -0.1) is 0 Å². The van der Waals surface area contributed by atoms with Crippen molar-refractivity contribution in [1.82, 2.24) is 14.9 Å². The number of nitro groups is 1. The number of ether oxygens (including phenoxy) is 1. The summed E-state index contributed by atoms with van der Waals surface area (Å²) in [7, 11) is 0. The fourth-order valence-corrected chi connectivity index (χ4v) is 1.79. The molecule has 0 aliphatic rings. The van der Waals surface area contributed by atoms with Crippen LogP contribution in [0.1, 0.15) is 25.6 Å². The largest absolute Gasteiger partial charge is 0.466 e. The van der Waals surface area contributed by atoms with Crippen LogP contribution in [0.4, 0.5) is 5.82 Å². The molecule has 20 heavy (non-hydrogen) atoms. The Morgan fingerprint density at radius 1 is 1.55 bits per heavy atom. The zero-order valence-corrected chi connectivity index (χ0v) is 11.8. The normalized spacial score (nSPS) is 10.5. The summed E-state index contributed by atoms with van der Waals surface area (Å²) >= 11 is 0. The van der Waals surface area contributed by atoms with Crippen molar-refractivity contribution in [3.63, 3.8) is 0 Å². The zero-order valence-electron chi connectivity index (χ0n) is 11.8. The number of hydrogen-bond acceptors (Lipinski definition) is 6. The Bertz CT molecular complexity index is 458. The number of aromatic nitrogens is 2. The van der Waals surface area contributed by atoms with Crippen LogP contribution >= 0.6 is 0 Å². The third kappa shape index (κ3) is 4.96. The van der Waals surface area contributed by atoms with Gasteiger partial charge in [0.2, 0.25) is 0 Å². The second-order valence-electron chi connectivity index (χ2n) is 4.23. The summed E-state index contributed by atoms with van der Waals surface area (Å²) < 4.78 is 6.36. The predicted molar refractivity (Wildman–Crippen MR) is 72.4 cm³/mol. The van der Waals surface area contributed by atoms with Crippen molar-refractivity contribution in [2.24, 2.45) is 0 Å². The SMILES string of the molecule is CCOC(=O)CCCNCCn1c([N+](=O)[O-])cnc1C. The van der Waals surface area contributed by atoms with Gasteiger partial charge in [0.25, 0.3) is 0 Å². The number of rotatable bonds is 9. The maximum atomic E-state index is 11.1. The molecule has 8 heteroatoms. The number of nitrogens with one attached hydrogen (secondary N) is 1. The first-order chi connectivity index (χ1) is 9.56. The molecule has 0 unspecified atom stereocenters. The van der Waals surface area contributed by atoms with E-state index in [0.29, 0.717) is 44.9 Å². The molecule has 8 nitrogen and oxygen atoms in total. The maximum Gasteiger partial charge on any atom is 0.342 e. The van der Waals surface area contributed by atoms with Crippen LogP contribution in [0, 0.1) is 17.0 Å². The first-order valence-electron chi connectivity index (χ1n) is 6.59. The average molecular weight is 284 g/mol. The summed E-state index contributed by atoms with van der Waals surface area (Å²) in [5.74, 6) is 0.413. The Kier molecular flexibility index (Phi) is 6.65. The minimum Gasteiger partial charge on any atom is -0.466 e. The number of hydrogen-bond donors (Lipinski definition) is 1. The first kappa shape index (κ1) is 16.1. The van der Waals surface area contributed by atoms with E-state index >= 15 is 0 Å². The lowest BCUT2D eigenvalue weighted by Gasteiger charge is -2.05. The molecule has 0 radical (unpaired) electrons. The van der Waals surface area contributed by atoms with Crippen LogP contribution in [0.2, 0.25) is 0 Å². The van der Waals surface area contributed by atoms with Crippen LogP contribution < -0.4 is 5.32 Å². The molecular weight excluding hydrogens is 264 g/mol. The van der Waals surface area contributed by atoms with Gasteiger partial charge in [-0.1, -0.05) is 0 Å². The second-order valence-corrected chi connectivity index (χ2v) is 4.23. The van der Waals surface area contributed by atoms with E-state index in [9.17, 15) is 14.9 Å². The van der Waals surface area contributed by atoms with Gasteiger partial charge in [-0.25, -0.2) is 9.55 Å². The zero-order chi connectivity index (χ0) is 15.0. The summed E-state index contributed by atoms with van der Waals surface area (Å²) in [5, 5.41) is 13.9. The van der Waals surface area contributed by atoms with E-state index in [-0.39, 0.29) is 11.8 Å². The van der Waals surface area contributed by atoms with E-state index in [1.165, 1.54) is 6.20 Å². The van der Waals surface area contributed by atoms with Gasteiger partial charge in [0.1, 0.15) is 12.7 Å². The predicted octanol–water partition coefficient (Wildman–Crippen LogP) is 1.03. The molecule has 0 atom stereocenters. The molecule has 1 heterocycles. The minimum absolute atomic E-state index is 0.00387. The van der Waals surface area contributed by atoms with E-state index in [4.69, 9.17) is 4.74 Å². The first-order valence-corrected chi connectivity index (χ1v) is 6.59. The highest BCUT2D eigenvalue weighted by Gasteiger charge is 2.16. The van der Waals surface area contributed by atoms with Crippen molar-refractivity contribution < 1.29 is 14.5 Å². The number of imidazole rings is 1. The third-order valence-corrected chi connectivity index (χ3v) is 2.77. The highest BCUT2D eigenvalue weighted by molar-refractivity contribution is 5.69. The van der Waals surface area contributed by atoms with Crippen molar-refractivity contribution in [3.05, 3.63) is 22.1 Å². The Labute approximate surface area is 117 Å². The van der Waals surface area contributed by atoms with E-state index in [1.807, 2.05) is 0 Å². The highest BCUT2D eigenvalue weighted by Crippen LogP contribution is 2.12. The van der Waals surface area contributed by atoms with E-state index in [1.54, 1.807) is 18.4 Å². The van der Waals surface area contributed by atoms with Gasteiger partial charge < -0.3 is 20.2 Å². The van der Waals surface area contributed by atoms with Crippen LogP contribution in [0.5, 0.6) is 0 Å². The lowest BCUT2D eigenvalue weighted by Crippen LogP contribution is -2.22. The van der Waals surface area contributed by atoms with E-state index in [0.717, 1.165) is 0 Å². The van der Waals surface area contributed by atoms with Crippen LogP contribution in [0.3, 0.4) is 0 Å². The van der Waals surface area contributed by atoms with Crippen molar-refractivity contribution in [2.45, 2.75) is 33.2 Å². The van der Waals surface area contributed by atoms with Crippen LogP contribution in [0.25, 0.3) is 0 Å². The van der Waals surface area contributed by atoms with Crippen molar-refractivity contribution in [3.8, 4) is 0 Å². The van der Waals surface area contributed by atoms with Gasteiger partial charge in [-0.2, -0.15) is 0 Å². The molecule has 0 spiro atoms. The molecule has 0 aliphatic heterocycles. The number of esters is 1. The lowest BCUT2D eigenvalue weighted by molar-refractivity contribution is -0.392. The summed E-state index contributed by atoms with van der Waals surface area (Å²) in [6, 6.07) is 0. The highest BCUT2D eigenvalue weighted by atomic mass is 16.6. The maximum absolute atomic E-state index is 11.1. The topological polar surface area (TPSA) is 99.3 Å². The van der Waals surface area contributed by atoms with Crippen molar-refractivity contribution >= 4 is 11.8 Å².